The van der Waals surface area contributed by atoms with E-state index in [4.69, 9.17) is 15.2 Å². The fraction of sp³-hybridized carbons (Fsp3) is 0.421. The predicted octanol–water partition coefficient (Wildman–Crippen LogP) is 3.69. The number of carbonyl (C=O) groups is 1. The molecule has 1 aromatic heterocycles. The highest BCUT2D eigenvalue weighted by Gasteiger charge is 2.22. The molecular formula is C19H24N2O3. The number of carbonyl (C=O) groups excluding carboxylic acids is 1. The lowest BCUT2D eigenvalue weighted by Gasteiger charge is -2.23. The molecule has 0 fully saturated rings. The quantitative estimate of drug-likeness (QED) is 0.910. The van der Waals surface area contributed by atoms with Crippen molar-refractivity contribution in [2.75, 3.05) is 13.2 Å². The highest BCUT2D eigenvalue weighted by molar-refractivity contribution is 5.95. The Labute approximate surface area is 142 Å². The van der Waals surface area contributed by atoms with Crippen LogP contribution in [0.4, 0.5) is 0 Å². The van der Waals surface area contributed by atoms with Crippen LogP contribution in [-0.4, -0.2) is 23.7 Å². The van der Waals surface area contributed by atoms with Crippen molar-refractivity contribution < 1.29 is 14.3 Å². The maximum absolute atomic E-state index is 11.8. The molecule has 2 heterocycles. The van der Waals surface area contributed by atoms with Gasteiger partial charge in [0.1, 0.15) is 13.2 Å². The van der Waals surface area contributed by atoms with Crippen LogP contribution >= 0.6 is 0 Å². The molecule has 2 aromatic rings. The van der Waals surface area contributed by atoms with E-state index in [1.165, 1.54) is 0 Å². The van der Waals surface area contributed by atoms with Gasteiger partial charge in [0.15, 0.2) is 11.5 Å². The Kier molecular flexibility index (Phi) is 4.51. The van der Waals surface area contributed by atoms with Gasteiger partial charge in [0.05, 0.1) is 5.56 Å². The summed E-state index contributed by atoms with van der Waals surface area (Å²) in [5, 5.41) is 0. The fourth-order valence-corrected chi connectivity index (χ4v) is 3.42. The number of benzene rings is 1. The minimum Gasteiger partial charge on any atom is -0.486 e. The Balaban J connectivity index is 2.16. The molecule has 5 nitrogen and oxygen atoms in total. The monoisotopic (exact) mass is 328 g/mol. The number of hydrogen-bond donors (Lipinski definition) is 1. The Bertz CT molecular complexity index is 760. The van der Waals surface area contributed by atoms with E-state index >= 15 is 0 Å². The Hall–Kier alpha value is -2.43. The first-order valence-corrected chi connectivity index (χ1v) is 8.48. The summed E-state index contributed by atoms with van der Waals surface area (Å²) in [5.74, 6) is 1.11. The van der Waals surface area contributed by atoms with Gasteiger partial charge in [-0.05, 0) is 44.0 Å². The lowest BCUT2D eigenvalue weighted by Crippen LogP contribution is -2.15. The van der Waals surface area contributed by atoms with Gasteiger partial charge < -0.3 is 19.8 Å². The molecule has 0 atom stereocenters. The standard InChI is InChI=1S/C19H24N2O3/c1-4-14(5-2)21-12(3)15(19(20)22)11-16(21)13-6-7-17-18(10-13)24-9-8-23-17/h6-7,10-11,14H,4-5,8-9H2,1-3H3,(H2,20,22). The average molecular weight is 328 g/mol. The third kappa shape index (κ3) is 2.75. The molecule has 0 radical (unpaired) electrons. The molecule has 1 amide bonds. The molecule has 0 saturated heterocycles. The molecule has 2 N–H and O–H groups in total. The SMILES string of the molecule is CCC(CC)n1c(-c2ccc3c(c2)OCCO3)cc(C(N)=O)c1C. The van der Waals surface area contributed by atoms with Crippen molar-refractivity contribution in [1.29, 1.82) is 0 Å². The van der Waals surface area contributed by atoms with Gasteiger partial charge >= 0.3 is 0 Å². The van der Waals surface area contributed by atoms with E-state index in [9.17, 15) is 4.79 Å². The summed E-state index contributed by atoms with van der Waals surface area (Å²) in [6, 6.07) is 8.12. The Morgan fingerprint density at radius 1 is 1.17 bits per heavy atom. The van der Waals surface area contributed by atoms with Crippen molar-refractivity contribution in [2.24, 2.45) is 5.73 Å². The maximum Gasteiger partial charge on any atom is 0.250 e. The van der Waals surface area contributed by atoms with Crippen molar-refractivity contribution in [3.63, 3.8) is 0 Å². The molecule has 128 valence electrons. The van der Waals surface area contributed by atoms with E-state index < -0.39 is 5.91 Å². The van der Waals surface area contributed by atoms with Crippen LogP contribution in [0.25, 0.3) is 11.3 Å². The van der Waals surface area contributed by atoms with Crippen LogP contribution in [0.15, 0.2) is 24.3 Å². The van der Waals surface area contributed by atoms with Crippen LogP contribution < -0.4 is 15.2 Å². The van der Waals surface area contributed by atoms with Crippen molar-refractivity contribution in [3.05, 3.63) is 35.5 Å². The van der Waals surface area contributed by atoms with E-state index in [-0.39, 0.29) is 0 Å². The zero-order valence-electron chi connectivity index (χ0n) is 14.5. The third-order valence-corrected chi connectivity index (χ3v) is 4.70. The molecular weight excluding hydrogens is 304 g/mol. The lowest BCUT2D eigenvalue weighted by molar-refractivity contribution is 0.0999. The highest BCUT2D eigenvalue weighted by Crippen LogP contribution is 2.37. The normalized spacial score (nSPS) is 13.3. The van der Waals surface area contributed by atoms with Gasteiger partial charge in [-0.15, -0.1) is 0 Å². The first-order chi connectivity index (χ1) is 11.6. The Morgan fingerprint density at radius 2 is 1.83 bits per heavy atom. The summed E-state index contributed by atoms with van der Waals surface area (Å²) in [7, 11) is 0. The molecule has 1 aliphatic heterocycles. The number of nitrogens with zero attached hydrogens (tertiary/aromatic N) is 1. The van der Waals surface area contributed by atoms with Crippen LogP contribution in [0.3, 0.4) is 0 Å². The topological polar surface area (TPSA) is 66.5 Å². The molecule has 0 spiro atoms. The van der Waals surface area contributed by atoms with Gasteiger partial charge in [0.25, 0.3) is 5.91 Å². The van der Waals surface area contributed by atoms with Crippen molar-refractivity contribution in [2.45, 2.75) is 39.7 Å². The second-order valence-corrected chi connectivity index (χ2v) is 6.09. The zero-order valence-corrected chi connectivity index (χ0v) is 14.5. The number of rotatable bonds is 5. The second-order valence-electron chi connectivity index (χ2n) is 6.09. The second kappa shape index (κ2) is 6.59. The van der Waals surface area contributed by atoms with Gasteiger partial charge in [0.2, 0.25) is 0 Å². The molecule has 0 saturated carbocycles. The number of ether oxygens (including phenoxy) is 2. The predicted molar refractivity (Wildman–Crippen MR) is 93.7 cm³/mol. The first kappa shape index (κ1) is 16.4. The van der Waals surface area contributed by atoms with Crippen molar-refractivity contribution in [3.8, 4) is 22.8 Å². The minimum atomic E-state index is -0.393. The van der Waals surface area contributed by atoms with Crippen molar-refractivity contribution >= 4 is 5.91 Å². The summed E-state index contributed by atoms with van der Waals surface area (Å²) in [5.41, 5.74) is 9.06. The van der Waals surface area contributed by atoms with E-state index in [2.05, 4.69) is 18.4 Å². The largest absolute Gasteiger partial charge is 0.486 e. The van der Waals surface area contributed by atoms with E-state index in [1.807, 2.05) is 31.2 Å². The van der Waals surface area contributed by atoms with Crippen LogP contribution in [0.1, 0.15) is 48.8 Å². The maximum atomic E-state index is 11.8. The fourth-order valence-electron chi connectivity index (χ4n) is 3.42. The third-order valence-electron chi connectivity index (χ3n) is 4.70. The summed E-state index contributed by atoms with van der Waals surface area (Å²) in [6.45, 7) is 7.40. The van der Waals surface area contributed by atoms with Crippen LogP contribution in [0, 0.1) is 6.92 Å². The number of nitrogens with two attached hydrogens (primary N) is 1. The minimum absolute atomic E-state index is 0.321. The smallest absolute Gasteiger partial charge is 0.250 e. The van der Waals surface area contributed by atoms with E-state index in [0.29, 0.717) is 24.8 Å². The zero-order chi connectivity index (χ0) is 17.3. The van der Waals surface area contributed by atoms with Gasteiger partial charge in [-0.3, -0.25) is 4.79 Å². The Morgan fingerprint density at radius 3 is 2.46 bits per heavy atom. The highest BCUT2D eigenvalue weighted by atomic mass is 16.6. The molecule has 24 heavy (non-hydrogen) atoms. The van der Waals surface area contributed by atoms with Crippen LogP contribution in [-0.2, 0) is 0 Å². The van der Waals surface area contributed by atoms with Gasteiger partial charge in [0, 0.05) is 23.0 Å². The summed E-state index contributed by atoms with van der Waals surface area (Å²) in [6.07, 6.45) is 1.98. The average Bonchev–Trinajstić information content (AvgIpc) is 2.93. The van der Waals surface area contributed by atoms with Gasteiger partial charge in [-0.2, -0.15) is 0 Å². The summed E-state index contributed by atoms with van der Waals surface area (Å²) < 4.78 is 13.5. The summed E-state index contributed by atoms with van der Waals surface area (Å²) >= 11 is 0. The molecule has 0 bridgehead atoms. The molecule has 5 heteroatoms. The molecule has 3 rings (SSSR count). The lowest BCUT2D eigenvalue weighted by atomic mass is 10.1. The van der Waals surface area contributed by atoms with E-state index in [0.717, 1.165) is 41.3 Å². The molecule has 0 aliphatic carbocycles. The molecule has 0 unspecified atom stereocenters. The van der Waals surface area contributed by atoms with Crippen LogP contribution in [0.5, 0.6) is 11.5 Å². The van der Waals surface area contributed by atoms with Crippen molar-refractivity contribution in [1.82, 2.24) is 4.57 Å². The number of fused-ring (bicyclic) bond motifs is 1. The van der Waals surface area contributed by atoms with Gasteiger partial charge in [-0.1, -0.05) is 13.8 Å². The van der Waals surface area contributed by atoms with E-state index in [1.54, 1.807) is 0 Å². The molecule has 1 aliphatic rings. The number of aromatic nitrogens is 1. The first-order valence-electron chi connectivity index (χ1n) is 8.48. The number of primary amides is 1. The number of amides is 1. The molecule has 1 aromatic carbocycles. The summed E-state index contributed by atoms with van der Waals surface area (Å²) in [4.78, 5) is 11.8. The number of hydrogen-bond acceptors (Lipinski definition) is 3. The van der Waals surface area contributed by atoms with Gasteiger partial charge in [-0.25, -0.2) is 0 Å². The van der Waals surface area contributed by atoms with Crippen LogP contribution in [0.2, 0.25) is 0 Å².